The number of nitrogens with zero attached hydrogens (tertiary/aromatic N) is 4. The van der Waals surface area contributed by atoms with Gasteiger partial charge in [-0.3, -0.25) is 9.69 Å². The minimum Gasteiger partial charge on any atom is -0.347 e. The molecule has 3 rings (SSSR count). The van der Waals surface area contributed by atoms with Gasteiger partial charge in [0, 0.05) is 45.6 Å². The van der Waals surface area contributed by atoms with Gasteiger partial charge in [0.05, 0.1) is 6.04 Å². The number of rotatable bonds is 3. The number of carbonyl (C=O) groups excluding carboxylic acids is 2. The van der Waals surface area contributed by atoms with Crippen molar-refractivity contribution in [3.8, 4) is 0 Å². The number of H-pyrrole nitrogens is 1. The summed E-state index contributed by atoms with van der Waals surface area (Å²) in [7, 11) is 1.77. The molecule has 3 heterocycles. The lowest BCUT2D eigenvalue weighted by Crippen LogP contribution is -2.55. The highest BCUT2D eigenvalue weighted by Gasteiger charge is 2.35. The Balaban J connectivity index is 1.64. The molecule has 0 spiro atoms. The molecule has 0 unspecified atom stereocenters. The van der Waals surface area contributed by atoms with E-state index in [1.54, 1.807) is 29.2 Å². The van der Waals surface area contributed by atoms with Crippen molar-refractivity contribution in [1.82, 2.24) is 30.0 Å². The first-order valence-corrected chi connectivity index (χ1v) is 8.14. The van der Waals surface area contributed by atoms with E-state index < -0.39 is 6.04 Å². The van der Waals surface area contributed by atoms with E-state index in [1.165, 1.54) is 0 Å². The van der Waals surface area contributed by atoms with Crippen molar-refractivity contribution in [2.24, 2.45) is 0 Å². The van der Waals surface area contributed by atoms with Crippen LogP contribution in [0.25, 0.3) is 0 Å². The van der Waals surface area contributed by atoms with Crippen molar-refractivity contribution >= 4 is 11.9 Å². The minimum absolute atomic E-state index is 0.00636. The smallest absolute Gasteiger partial charge is 0.318 e. The molecule has 2 aliphatic heterocycles. The molecule has 2 aliphatic rings. The van der Waals surface area contributed by atoms with Crippen LogP contribution in [-0.2, 0) is 4.79 Å². The second-order valence-electron chi connectivity index (χ2n) is 6.12. The van der Waals surface area contributed by atoms with Gasteiger partial charge in [-0.05, 0) is 13.0 Å². The molecule has 0 aromatic carbocycles. The highest BCUT2D eigenvalue weighted by Crippen LogP contribution is 2.22. The fourth-order valence-electron chi connectivity index (χ4n) is 3.30. The van der Waals surface area contributed by atoms with Crippen molar-refractivity contribution in [2.75, 3.05) is 39.8 Å². The Kier molecular flexibility index (Phi) is 4.51. The number of aromatic nitrogens is 2. The van der Waals surface area contributed by atoms with E-state index in [9.17, 15) is 9.59 Å². The van der Waals surface area contributed by atoms with Gasteiger partial charge in [-0.15, -0.1) is 0 Å². The molecule has 0 aliphatic carbocycles. The van der Waals surface area contributed by atoms with E-state index in [1.807, 2.05) is 0 Å². The summed E-state index contributed by atoms with van der Waals surface area (Å²) in [6.07, 6.45) is 4.21. The third-order valence-corrected chi connectivity index (χ3v) is 4.74. The normalized spacial score (nSPS) is 25.9. The zero-order valence-corrected chi connectivity index (χ0v) is 13.7. The topological polar surface area (TPSA) is 84.6 Å². The fraction of sp³-hybridized carbons (Fsp3) is 0.667. The van der Waals surface area contributed by atoms with Gasteiger partial charge < -0.3 is 20.1 Å². The highest BCUT2D eigenvalue weighted by molar-refractivity contribution is 5.88. The fourth-order valence-corrected chi connectivity index (χ4v) is 3.30. The molecule has 126 valence electrons. The van der Waals surface area contributed by atoms with Crippen molar-refractivity contribution in [2.45, 2.75) is 25.4 Å². The second-order valence-corrected chi connectivity index (χ2v) is 6.12. The quantitative estimate of drug-likeness (QED) is 0.823. The Morgan fingerprint density at radius 2 is 2.26 bits per heavy atom. The zero-order valence-electron chi connectivity index (χ0n) is 13.7. The van der Waals surface area contributed by atoms with Gasteiger partial charge in [0.2, 0.25) is 5.91 Å². The molecule has 8 heteroatoms. The van der Waals surface area contributed by atoms with Crippen LogP contribution in [0.15, 0.2) is 12.4 Å². The first-order chi connectivity index (χ1) is 11.1. The third kappa shape index (κ3) is 3.17. The molecule has 2 saturated heterocycles. The lowest BCUT2D eigenvalue weighted by molar-refractivity contribution is -0.128. The van der Waals surface area contributed by atoms with Crippen molar-refractivity contribution in [3.05, 3.63) is 18.2 Å². The number of amides is 3. The van der Waals surface area contributed by atoms with Crippen LogP contribution in [0.3, 0.4) is 0 Å². The highest BCUT2D eigenvalue weighted by atomic mass is 16.2. The molecule has 3 amide bonds. The van der Waals surface area contributed by atoms with Gasteiger partial charge >= 0.3 is 6.03 Å². The van der Waals surface area contributed by atoms with Gasteiger partial charge in [0.25, 0.3) is 0 Å². The molecule has 1 aromatic heterocycles. The van der Waals surface area contributed by atoms with Crippen LogP contribution in [0.1, 0.15) is 25.2 Å². The van der Waals surface area contributed by atoms with Crippen molar-refractivity contribution in [1.29, 1.82) is 0 Å². The first-order valence-electron chi connectivity index (χ1n) is 8.14. The number of carbonyl (C=O) groups is 2. The van der Waals surface area contributed by atoms with Gasteiger partial charge in [-0.25, -0.2) is 9.78 Å². The minimum atomic E-state index is -0.390. The van der Waals surface area contributed by atoms with E-state index in [0.717, 1.165) is 18.9 Å². The number of aromatic amines is 1. The summed E-state index contributed by atoms with van der Waals surface area (Å²) in [5, 5.41) is 2.87. The van der Waals surface area contributed by atoms with Gasteiger partial charge in [-0.2, -0.15) is 0 Å². The number of imidazole rings is 1. The monoisotopic (exact) mass is 320 g/mol. The predicted octanol–water partition coefficient (Wildman–Crippen LogP) is 0.0286. The molecule has 1 aromatic rings. The summed E-state index contributed by atoms with van der Waals surface area (Å²) < 4.78 is 0. The Hall–Kier alpha value is -2.09. The Morgan fingerprint density at radius 3 is 2.87 bits per heavy atom. The van der Waals surface area contributed by atoms with E-state index >= 15 is 0 Å². The number of nitrogens with one attached hydrogen (secondary N) is 2. The van der Waals surface area contributed by atoms with E-state index in [2.05, 4.69) is 27.1 Å². The number of hydrogen-bond acceptors (Lipinski definition) is 4. The van der Waals surface area contributed by atoms with Crippen LogP contribution in [0.4, 0.5) is 4.79 Å². The lowest BCUT2D eigenvalue weighted by atomic mass is 10.1. The number of likely N-dealkylation sites (tertiary alicyclic amines) is 1. The average molecular weight is 320 g/mol. The SMILES string of the molecule is CCN1CCN(C(=O)N[C@H]2CCN(C)C2=O)C[C@@H]1c1ncc[nH]1. The number of likely N-dealkylation sites (N-methyl/N-ethyl adjacent to an activating group) is 2. The van der Waals surface area contributed by atoms with Crippen LogP contribution in [0.5, 0.6) is 0 Å². The molecule has 2 fully saturated rings. The van der Waals surface area contributed by atoms with Crippen LogP contribution in [0.2, 0.25) is 0 Å². The zero-order chi connectivity index (χ0) is 16.4. The third-order valence-electron chi connectivity index (χ3n) is 4.74. The predicted molar refractivity (Wildman–Crippen MR) is 84.7 cm³/mol. The van der Waals surface area contributed by atoms with Crippen molar-refractivity contribution in [3.63, 3.8) is 0 Å². The number of piperazine rings is 1. The van der Waals surface area contributed by atoms with Gasteiger partial charge in [0.15, 0.2) is 0 Å². The average Bonchev–Trinajstić information content (AvgIpc) is 3.20. The Morgan fingerprint density at radius 1 is 1.43 bits per heavy atom. The molecule has 2 atom stereocenters. The molecule has 0 bridgehead atoms. The van der Waals surface area contributed by atoms with E-state index in [-0.39, 0.29) is 18.0 Å². The maximum absolute atomic E-state index is 12.5. The number of urea groups is 1. The van der Waals surface area contributed by atoms with Crippen molar-refractivity contribution < 1.29 is 9.59 Å². The first kappa shape index (κ1) is 15.8. The molecule has 23 heavy (non-hydrogen) atoms. The largest absolute Gasteiger partial charge is 0.347 e. The van der Waals surface area contributed by atoms with E-state index in [4.69, 9.17) is 0 Å². The summed E-state index contributed by atoms with van der Waals surface area (Å²) in [4.78, 5) is 37.7. The second kappa shape index (κ2) is 6.57. The van der Waals surface area contributed by atoms with Gasteiger partial charge in [0.1, 0.15) is 11.9 Å². The lowest BCUT2D eigenvalue weighted by Gasteiger charge is -2.40. The Labute approximate surface area is 135 Å². The maximum atomic E-state index is 12.5. The molecule has 2 N–H and O–H groups in total. The summed E-state index contributed by atoms with van der Waals surface area (Å²) in [5.74, 6) is 0.870. The van der Waals surface area contributed by atoms with E-state index in [0.29, 0.717) is 26.1 Å². The summed E-state index contributed by atoms with van der Waals surface area (Å²) in [6.45, 7) is 5.75. The standard InChI is InChI=1S/C15H24N6O2/c1-3-20-8-9-21(10-12(20)13-16-5-6-17-13)15(23)18-11-4-7-19(2)14(11)22/h5-6,11-12H,3-4,7-10H2,1-2H3,(H,16,17)(H,18,23)/t11-,12+/m0/s1. The summed E-state index contributed by atoms with van der Waals surface area (Å²) in [6, 6.07) is -0.485. The maximum Gasteiger partial charge on any atom is 0.318 e. The molecule has 0 radical (unpaired) electrons. The Bertz CT molecular complexity index is 560. The van der Waals surface area contributed by atoms with Crippen LogP contribution in [0, 0.1) is 0 Å². The molecular formula is C15H24N6O2. The van der Waals surface area contributed by atoms with Gasteiger partial charge in [-0.1, -0.05) is 6.92 Å². The molecule has 0 saturated carbocycles. The summed E-state index contributed by atoms with van der Waals surface area (Å²) >= 11 is 0. The van der Waals surface area contributed by atoms with Crippen LogP contribution in [-0.4, -0.2) is 82.4 Å². The summed E-state index contributed by atoms with van der Waals surface area (Å²) in [5.41, 5.74) is 0. The number of hydrogen-bond donors (Lipinski definition) is 2. The molecular weight excluding hydrogens is 296 g/mol. The van der Waals surface area contributed by atoms with Crippen LogP contribution < -0.4 is 5.32 Å². The molecule has 8 nitrogen and oxygen atoms in total. The van der Waals surface area contributed by atoms with Crippen LogP contribution >= 0.6 is 0 Å².